The van der Waals surface area contributed by atoms with Crippen LogP contribution in [0.15, 0.2) is 18.2 Å². The zero-order chi connectivity index (χ0) is 19.4. The fraction of sp³-hybridized carbons (Fsp3) is 0.571. The molecule has 1 aromatic rings. The van der Waals surface area contributed by atoms with Gasteiger partial charge in [-0.15, -0.1) is 0 Å². The number of ether oxygens (including phenoxy) is 2. The lowest BCUT2D eigenvalue weighted by atomic mass is 9.98. The number of hydrogen-bond donors (Lipinski definition) is 0. The molecule has 1 saturated carbocycles. The minimum Gasteiger partial charge on any atom is -0.461 e. The number of halogens is 2. The molecule has 0 N–H and O–H groups in total. The van der Waals surface area contributed by atoms with Crippen LogP contribution in [0.5, 0.6) is 17.2 Å². The molecule has 0 aromatic heterocycles. The third-order valence-corrected chi connectivity index (χ3v) is 4.30. The smallest absolute Gasteiger partial charge is 0.461 e. The van der Waals surface area contributed by atoms with Crippen LogP contribution in [0.2, 0.25) is 0 Å². The lowest BCUT2D eigenvalue weighted by Crippen LogP contribution is -2.26. The highest BCUT2D eigenvalue weighted by atomic mass is 32.3. The first kappa shape index (κ1) is 20.6. The van der Waals surface area contributed by atoms with Gasteiger partial charge < -0.3 is 17.8 Å². The van der Waals surface area contributed by atoms with E-state index in [-0.39, 0.29) is 11.9 Å². The van der Waals surface area contributed by atoms with Crippen LogP contribution in [0.1, 0.15) is 39.0 Å². The molecule has 0 spiro atoms. The van der Waals surface area contributed by atoms with E-state index in [9.17, 15) is 24.6 Å². The molecule has 1 aliphatic rings. The van der Waals surface area contributed by atoms with E-state index in [2.05, 4.69) is 8.37 Å². The van der Waals surface area contributed by atoms with Gasteiger partial charge >= 0.3 is 21.0 Å². The van der Waals surface area contributed by atoms with Crippen LogP contribution in [0.3, 0.4) is 0 Å². The fourth-order valence-corrected chi connectivity index (χ4v) is 3.28. The highest BCUT2D eigenvalue weighted by molar-refractivity contribution is 7.82. The van der Waals surface area contributed by atoms with Gasteiger partial charge in [0.25, 0.3) is 0 Å². The number of hydrogen-bond acceptors (Lipinski definition) is 8. The average molecular weight is 416 g/mol. The van der Waals surface area contributed by atoms with Gasteiger partial charge in [0, 0.05) is 6.07 Å². The fourth-order valence-electron chi connectivity index (χ4n) is 2.60. The van der Waals surface area contributed by atoms with Gasteiger partial charge in [0.05, 0.1) is 6.10 Å². The van der Waals surface area contributed by atoms with E-state index in [1.807, 2.05) is 0 Å². The molecule has 2 rings (SSSR count). The van der Waals surface area contributed by atoms with Crippen LogP contribution in [-0.2, 0) is 25.7 Å². The summed E-state index contributed by atoms with van der Waals surface area (Å²) in [5.74, 6) is -1.59. The van der Waals surface area contributed by atoms with Gasteiger partial charge in [0.1, 0.15) is 5.75 Å². The maximum Gasteiger partial charge on any atom is 0.488 e. The molecular weight excluding hydrogens is 398 g/mol. The summed E-state index contributed by atoms with van der Waals surface area (Å²) in [6.07, 6.45) is 4.05. The summed E-state index contributed by atoms with van der Waals surface area (Å²) in [6, 6.07) is 2.69. The highest BCUT2D eigenvalue weighted by Gasteiger charge is 2.22. The van der Waals surface area contributed by atoms with Crippen molar-refractivity contribution in [1.82, 2.24) is 0 Å². The molecule has 1 fully saturated rings. The Morgan fingerprint density at radius 3 is 2.15 bits per heavy atom. The number of rotatable bonds is 8. The maximum absolute atomic E-state index is 12.9. The van der Waals surface area contributed by atoms with Crippen LogP contribution < -0.4 is 13.1 Å². The predicted octanol–water partition coefficient (Wildman–Crippen LogP) is 2.95. The van der Waals surface area contributed by atoms with E-state index in [4.69, 9.17) is 9.47 Å². The molecule has 1 atom stereocenters. The van der Waals surface area contributed by atoms with Crippen molar-refractivity contribution in [3.05, 3.63) is 18.2 Å². The van der Waals surface area contributed by atoms with Gasteiger partial charge in [0.15, 0.2) is 17.8 Å². The Morgan fingerprint density at radius 2 is 1.58 bits per heavy atom. The van der Waals surface area contributed by atoms with E-state index in [1.54, 1.807) is 6.92 Å². The van der Waals surface area contributed by atoms with Crippen molar-refractivity contribution < 1.29 is 42.4 Å². The summed E-state index contributed by atoms with van der Waals surface area (Å²) in [4.78, 5) is 0. The van der Waals surface area contributed by atoms with Gasteiger partial charge in [-0.05, 0) is 31.9 Å². The molecule has 148 valence electrons. The molecule has 0 aliphatic heterocycles. The summed E-state index contributed by atoms with van der Waals surface area (Å²) in [5.41, 5.74) is 0. The topological polar surface area (TPSA) is 105 Å². The van der Waals surface area contributed by atoms with Crippen molar-refractivity contribution in [3.63, 3.8) is 0 Å². The standard InChI is InChI=1S/C14H18F2O8S2/c1-10(21-11-5-3-2-4-6-11)22-13-8-7-12(23-25(15,17)18)9-14(13)24-26(16,19)20/h7-11H,2-6H2,1H3. The van der Waals surface area contributed by atoms with Crippen LogP contribution in [0.25, 0.3) is 0 Å². The zero-order valence-corrected chi connectivity index (χ0v) is 15.4. The molecule has 0 saturated heterocycles. The average Bonchev–Trinajstić information content (AvgIpc) is 2.48. The molecule has 0 radical (unpaired) electrons. The first-order valence-corrected chi connectivity index (χ1v) is 10.4. The molecule has 1 unspecified atom stereocenters. The minimum atomic E-state index is -5.44. The Hall–Kier alpha value is -1.66. The van der Waals surface area contributed by atoms with E-state index in [1.165, 1.54) is 0 Å². The lowest BCUT2D eigenvalue weighted by molar-refractivity contribution is -0.117. The predicted molar refractivity (Wildman–Crippen MR) is 85.8 cm³/mol. The van der Waals surface area contributed by atoms with E-state index in [0.29, 0.717) is 6.07 Å². The summed E-state index contributed by atoms with van der Waals surface area (Å²) >= 11 is 0. The summed E-state index contributed by atoms with van der Waals surface area (Å²) in [5, 5.41) is 0. The van der Waals surface area contributed by atoms with Crippen LogP contribution in [-0.4, -0.2) is 29.2 Å². The second-order valence-electron chi connectivity index (χ2n) is 5.64. The monoisotopic (exact) mass is 416 g/mol. The van der Waals surface area contributed by atoms with Crippen molar-refractivity contribution in [2.45, 2.75) is 51.4 Å². The summed E-state index contributed by atoms with van der Waals surface area (Å²) in [7, 11) is -10.8. The molecule has 0 heterocycles. The second kappa shape index (κ2) is 8.35. The molecule has 1 aromatic carbocycles. The first-order valence-electron chi connectivity index (χ1n) is 7.76. The molecule has 12 heteroatoms. The van der Waals surface area contributed by atoms with Gasteiger partial charge in [-0.25, -0.2) is 0 Å². The third-order valence-electron chi connectivity index (χ3n) is 3.53. The Bertz CT molecular complexity index is 819. The van der Waals surface area contributed by atoms with E-state index >= 15 is 0 Å². The minimum absolute atomic E-state index is 0.0210. The lowest BCUT2D eigenvalue weighted by Gasteiger charge is -2.26. The SMILES string of the molecule is CC(Oc1ccc(OS(=O)(=O)F)cc1OS(=O)(=O)F)OC1CCCCC1. The van der Waals surface area contributed by atoms with Crippen molar-refractivity contribution in [3.8, 4) is 17.2 Å². The van der Waals surface area contributed by atoms with E-state index < -0.39 is 38.8 Å². The van der Waals surface area contributed by atoms with Crippen LogP contribution in [0.4, 0.5) is 7.77 Å². The van der Waals surface area contributed by atoms with Crippen molar-refractivity contribution >= 4 is 21.0 Å². The van der Waals surface area contributed by atoms with Crippen molar-refractivity contribution in [1.29, 1.82) is 0 Å². The Labute approximate surface area is 150 Å². The third kappa shape index (κ3) is 7.30. The van der Waals surface area contributed by atoms with E-state index in [0.717, 1.165) is 44.2 Å². The van der Waals surface area contributed by atoms with Crippen LogP contribution in [0, 0.1) is 0 Å². The molecule has 0 bridgehead atoms. The molecular formula is C14H18F2O8S2. The molecule has 1 aliphatic carbocycles. The quantitative estimate of drug-likeness (QED) is 0.470. The maximum atomic E-state index is 12.9. The van der Waals surface area contributed by atoms with Crippen LogP contribution >= 0.6 is 0 Å². The molecule has 0 amide bonds. The van der Waals surface area contributed by atoms with Crippen molar-refractivity contribution in [2.24, 2.45) is 0 Å². The first-order chi connectivity index (χ1) is 12.0. The summed E-state index contributed by atoms with van der Waals surface area (Å²) in [6.45, 7) is 1.55. The van der Waals surface area contributed by atoms with Gasteiger partial charge in [-0.1, -0.05) is 27.0 Å². The van der Waals surface area contributed by atoms with Gasteiger partial charge in [-0.3, -0.25) is 0 Å². The molecule has 8 nitrogen and oxygen atoms in total. The Morgan fingerprint density at radius 1 is 0.962 bits per heavy atom. The van der Waals surface area contributed by atoms with Gasteiger partial charge in [-0.2, -0.15) is 16.8 Å². The largest absolute Gasteiger partial charge is 0.488 e. The normalized spacial score (nSPS) is 17.5. The Kier molecular flexibility index (Phi) is 6.64. The Balaban J connectivity index is 2.16. The summed E-state index contributed by atoms with van der Waals surface area (Å²) < 4.78 is 87.1. The second-order valence-corrected chi connectivity index (χ2v) is 7.55. The molecule has 26 heavy (non-hydrogen) atoms. The highest BCUT2D eigenvalue weighted by Crippen LogP contribution is 2.35. The number of benzene rings is 1. The van der Waals surface area contributed by atoms with Gasteiger partial charge in [0.2, 0.25) is 0 Å². The zero-order valence-electron chi connectivity index (χ0n) is 13.8. The van der Waals surface area contributed by atoms with Crippen molar-refractivity contribution in [2.75, 3.05) is 0 Å².